The Labute approximate surface area is 149 Å². The Morgan fingerprint density at radius 3 is 2.58 bits per heavy atom. The third-order valence-electron chi connectivity index (χ3n) is 3.74. The number of aromatic amines is 1. The van der Waals surface area contributed by atoms with E-state index in [4.69, 9.17) is 9.47 Å². The van der Waals surface area contributed by atoms with Gasteiger partial charge in [-0.3, -0.25) is 9.59 Å². The van der Waals surface area contributed by atoms with Crippen molar-refractivity contribution in [2.75, 3.05) is 26.1 Å². The van der Waals surface area contributed by atoms with Crippen LogP contribution >= 0.6 is 0 Å². The number of methoxy groups -OCH3 is 2. The van der Waals surface area contributed by atoms with Crippen molar-refractivity contribution in [1.29, 1.82) is 0 Å². The van der Waals surface area contributed by atoms with E-state index in [2.05, 4.69) is 20.6 Å². The first-order valence-electron chi connectivity index (χ1n) is 7.85. The molecule has 26 heavy (non-hydrogen) atoms. The molecule has 0 spiro atoms. The average Bonchev–Trinajstić information content (AvgIpc) is 3.11. The summed E-state index contributed by atoms with van der Waals surface area (Å²) in [5.41, 5.74) is 0.948. The Kier molecular flexibility index (Phi) is 5.02. The minimum atomic E-state index is -0.415. The third kappa shape index (κ3) is 3.59. The van der Waals surface area contributed by atoms with E-state index in [1.807, 2.05) is 0 Å². The van der Waals surface area contributed by atoms with E-state index in [9.17, 15) is 9.59 Å². The Morgan fingerprint density at radius 1 is 1.12 bits per heavy atom. The standard InChI is InChI=1S/C18H18N4O4/c1-25-13-6-7-14(26-2)17-11(13)9-12(21-17)18(24)20-10-16(23)22-15-5-3-4-8-19-15/h3-9,21H,10H2,1-2H3,(H,20,24)(H,19,22,23). The van der Waals surface area contributed by atoms with Gasteiger partial charge in [-0.15, -0.1) is 0 Å². The van der Waals surface area contributed by atoms with E-state index in [0.717, 1.165) is 5.39 Å². The maximum absolute atomic E-state index is 12.4. The fourth-order valence-electron chi connectivity index (χ4n) is 2.52. The molecule has 1 aromatic carbocycles. The summed E-state index contributed by atoms with van der Waals surface area (Å²) in [6.45, 7) is -0.182. The predicted octanol–water partition coefficient (Wildman–Crippen LogP) is 1.95. The first kappa shape index (κ1) is 17.3. The molecule has 3 aromatic rings. The Bertz CT molecular complexity index is 896. The first-order valence-corrected chi connectivity index (χ1v) is 7.85. The van der Waals surface area contributed by atoms with Crippen molar-refractivity contribution in [3.05, 3.63) is 48.3 Å². The van der Waals surface area contributed by atoms with Gasteiger partial charge in [-0.05, 0) is 30.3 Å². The quantitative estimate of drug-likeness (QED) is 0.627. The van der Waals surface area contributed by atoms with Gasteiger partial charge in [-0.1, -0.05) is 6.07 Å². The zero-order valence-corrected chi connectivity index (χ0v) is 14.3. The SMILES string of the molecule is COc1ccc(OC)c2[nH]c(C(=O)NCC(=O)Nc3ccccn3)cc12. The topological polar surface area (TPSA) is 105 Å². The van der Waals surface area contributed by atoms with Crippen LogP contribution in [0.2, 0.25) is 0 Å². The molecule has 0 fully saturated rings. The minimum absolute atomic E-state index is 0.182. The maximum Gasteiger partial charge on any atom is 0.268 e. The smallest absolute Gasteiger partial charge is 0.268 e. The van der Waals surface area contributed by atoms with Gasteiger partial charge in [0.2, 0.25) is 5.91 Å². The fourth-order valence-corrected chi connectivity index (χ4v) is 2.52. The lowest BCUT2D eigenvalue weighted by Gasteiger charge is -2.05. The first-order chi connectivity index (χ1) is 12.6. The number of ether oxygens (including phenoxy) is 2. The third-order valence-corrected chi connectivity index (χ3v) is 3.74. The molecule has 0 aliphatic rings. The van der Waals surface area contributed by atoms with E-state index >= 15 is 0 Å². The summed E-state index contributed by atoms with van der Waals surface area (Å²) in [7, 11) is 3.10. The van der Waals surface area contributed by atoms with Crippen molar-refractivity contribution in [2.24, 2.45) is 0 Å². The highest BCUT2D eigenvalue weighted by Gasteiger charge is 2.16. The number of fused-ring (bicyclic) bond motifs is 1. The highest BCUT2D eigenvalue weighted by atomic mass is 16.5. The molecular formula is C18H18N4O4. The van der Waals surface area contributed by atoms with E-state index in [1.165, 1.54) is 0 Å². The molecule has 0 aliphatic heterocycles. The van der Waals surface area contributed by atoms with E-state index in [1.54, 1.807) is 56.8 Å². The van der Waals surface area contributed by atoms with Crippen LogP contribution < -0.4 is 20.1 Å². The van der Waals surface area contributed by atoms with Gasteiger partial charge < -0.3 is 25.1 Å². The van der Waals surface area contributed by atoms with E-state index in [-0.39, 0.29) is 12.5 Å². The summed E-state index contributed by atoms with van der Waals surface area (Å²) in [6.07, 6.45) is 1.57. The van der Waals surface area contributed by atoms with Crippen molar-refractivity contribution in [3.63, 3.8) is 0 Å². The van der Waals surface area contributed by atoms with Crippen molar-refractivity contribution in [3.8, 4) is 11.5 Å². The number of carbonyl (C=O) groups is 2. The zero-order valence-electron chi connectivity index (χ0n) is 14.3. The van der Waals surface area contributed by atoms with Crippen LogP contribution in [0.5, 0.6) is 11.5 Å². The van der Waals surface area contributed by atoms with E-state index in [0.29, 0.717) is 28.5 Å². The molecule has 0 aliphatic carbocycles. The molecule has 0 unspecified atom stereocenters. The molecule has 0 saturated carbocycles. The van der Waals surface area contributed by atoms with Gasteiger partial charge in [-0.25, -0.2) is 4.98 Å². The molecule has 0 saturated heterocycles. The largest absolute Gasteiger partial charge is 0.496 e. The second-order valence-electron chi connectivity index (χ2n) is 5.39. The van der Waals surface area contributed by atoms with Crippen LogP contribution in [0.25, 0.3) is 10.9 Å². The second-order valence-corrected chi connectivity index (χ2v) is 5.39. The van der Waals surface area contributed by atoms with Crippen LogP contribution in [0, 0.1) is 0 Å². The lowest BCUT2D eigenvalue weighted by Crippen LogP contribution is -2.33. The number of aromatic nitrogens is 2. The van der Waals surface area contributed by atoms with E-state index < -0.39 is 5.91 Å². The molecule has 3 rings (SSSR count). The Hall–Kier alpha value is -3.55. The van der Waals surface area contributed by atoms with Gasteiger partial charge in [0.25, 0.3) is 5.91 Å². The van der Waals surface area contributed by atoms with Gasteiger partial charge in [0.1, 0.15) is 23.0 Å². The number of benzene rings is 1. The van der Waals surface area contributed by atoms with Crippen molar-refractivity contribution in [1.82, 2.24) is 15.3 Å². The molecule has 2 heterocycles. The monoisotopic (exact) mass is 354 g/mol. The molecule has 134 valence electrons. The number of H-pyrrole nitrogens is 1. The summed E-state index contributed by atoms with van der Waals surface area (Å²) in [6, 6.07) is 10.3. The van der Waals surface area contributed by atoms with Gasteiger partial charge in [0.15, 0.2) is 0 Å². The summed E-state index contributed by atoms with van der Waals surface area (Å²) in [5.74, 6) is 0.841. The summed E-state index contributed by atoms with van der Waals surface area (Å²) in [4.78, 5) is 31.3. The summed E-state index contributed by atoms with van der Waals surface area (Å²) in [5, 5.41) is 5.88. The fraction of sp³-hybridized carbons (Fsp3) is 0.167. The number of hydrogen-bond acceptors (Lipinski definition) is 5. The molecule has 8 heteroatoms. The van der Waals surface area contributed by atoms with Gasteiger partial charge in [0.05, 0.1) is 26.3 Å². The van der Waals surface area contributed by atoms with Gasteiger partial charge in [-0.2, -0.15) is 0 Å². The molecular weight excluding hydrogens is 336 g/mol. The highest BCUT2D eigenvalue weighted by Crippen LogP contribution is 2.33. The molecule has 3 N–H and O–H groups in total. The van der Waals surface area contributed by atoms with Crippen LogP contribution in [0.4, 0.5) is 5.82 Å². The number of anilines is 1. The molecule has 0 bridgehead atoms. The second kappa shape index (κ2) is 7.56. The zero-order chi connectivity index (χ0) is 18.5. The normalized spacial score (nSPS) is 10.4. The lowest BCUT2D eigenvalue weighted by molar-refractivity contribution is -0.115. The van der Waals surface area contributed by atoms with Crippen molar-refractivity contribution in [2.45, 2.75) is 0 Å². The van der Waals surface area contributed by atoms with Crippen LogP contribution in [-0.4, -0.2) is 42.5 Å². The number of carbonyl (C=O) groups excluding carboxylic acids is 2. The summed E-state index contributed by atoms with van der Waals surface area (Å²) >= 11 is 0. The predicted molar refractivity (Wildman–Crippen MR) is 96.6 cm³/mol. The van der Waals surface area contributed by atoms with Crippen molar-refractivity contribution < 1.29 is 19.1 Å². The van der Waals surface area contributed by atoms with Crippen molar-refractivity contribution >= 4 is 28.5 Å². The molecule has 8 nitrogen and oxygen atoms in total. The molecule has 2 amide bonds. The number of amides is 2. The maximum atomic E-state index is 12.4. The number of rotatable bonds is 6. The molecule has 0 atom stereocenters. The number of nitrogens with one attached hydrogen (secondary N) is 3. The Balaban J connectivity index is 1.71. The number of hydrogen-bond donors (Lipinski definition) is 3. The van der Waals surface area contributed by atoms with Crippen LogP contribution in [0.15, 0.2) is 42.6 Å². The lowest BCUT2D eigenvalue weighted by atomic mass is 10.2. The van der Waals surface area contributed by atoms with Gasteiger partial charge >= 0.3 is 0 Å². The highest BCUT2D eigenvalue weighted by molar-refractivity contribution is 6.03. The van der Waals surface area contributed by atoms with Crippen LogP contribution in [0.1, 0.15) is 10.5 Å². The van der Waals surface area contributed by atoms with Gasteiger partial charge in [0, 0.05) is 11.6 Å². The van der Waals surface area contributed by atoms with Crippen LogP contribution in [-0.2, 0) is 4.79 Å². The molecule has 2 aromatic heterocycles. The number of nitrogens with zero attached hydrogens (tertiary/aromatic N) is 1. The van der Waals surface area contributed by atoms with Crippen LogP contribution in [0.3, 0.4) is 0 Å². The summed E-state index contributed by atoms with van der Waals surface area (Å²) < 4.78 is 10.6. The Morgan fingerprint density at radius 2 is 1.88 bits per heavy atom. The molecule has 0 radical (unpaired) electrons. The minimum Gasteiger partial charge on any atom is -0.496 e. The average molecular weight is 354 g/mol. The number of pyridine rings is 1.